The van der Waals surface area contributed by atoms with E-state index in [9.17, 15) is 9.59 Å². The first-order valence-corrected chi connectivity index (χ1v) is 10.2. The van der Waals surface area contributed by atoms with Crippen molar-refractivity contribution in [3.8, 4) is 0 Å². The fraction of sp³-hybridized carbons (Fsp3) is 0.810. The van der Waals surface area contributed by atoms with Crippen LogP contribution in [0, 0.1) is 0 Å². The summed E-state index contributed by atoms with van der Waals surface area (Å²) in [6.07, 6.45) is 19.3. The number of unbranched alkanes of at least 4 members (excludes halogenated alkanes) is 11. The van der Waals surface area contributed by atoms with E-state index in [1.54, 1.807) is 0 Å². The van der Waals surface area contributed by atoms with Gasteiger partial charge in [-0.1, -0.05) is 70.4 Å². The van der Waals surface area contributed by atoms with E-state index in [1.165, 1.54) is 64.7 Å². The van der Waals surface area contributed by atoms with Crippen molar-refractivity contribution in [1.29, 1.82) is 0 Å². The molecule has 0 aliphatic rings. The number of hydrogen-bond donors (Lipinski definition) is 1. The Bertz CT molecular complexity index is 373. The van der Waals surface area contributed by atoms with Crippen molar-refractivity contribution in [2.75, 3.05) is 0 Å². The van der Waals surface area contributed by atoms with Crippen molar-refractivity contribution in [3.63, 3.8) is 0 Å². The van der Waals surface area contributed by atoms with Gasteiger partial charge in [-0.25, -0.2) is 4.79 Å². The van der Waals surface area contributed by atoms with Crippen LogP contribution in [0.4, 0.5) is 0 Å². The van der Waals surface area contributed by atoms with E-state index >= 15 is 0 Å². The smallest absolute Gasteiger partial charge is 1.00 e. The second-order valence-corrected chi connectivity index (χ2v) is 6.80. The van der Waals surface area contributed by atoms with Gasteiger partial charge in [-0.3, -0.25) is 4.79 Å². The topological polar surface area (TPSA) is 63.6 Å². The number of aliphatic hydroxyl groups is 1. The number of allylic oxidation sites excluding steroid dienone is 2. The zero-order valence-electron chi connectivity index (χ0n) is 18.3. The third-order valence-electron chi connectivity index (χ3n) is 4.20. The molecular weight excluding hydrogens is 355 g/mol. The number of hydrogen-bond acceptors (Lipinski definition) is 4. The molecular formula is C21H39KO4. The predicted octanol–water partition coefficient (Wildman–Crippen LogP) is 2.59. The van der Waals surface area contributed by atoms with Gasteiger partial charge in [0.1, 0.15) is 6.10 Å². The van der Waals surface area contributed by atoms with Crippen molar-refractivity contribution in [3.05, 3.63) is 12.2 Å². The van der Waals surface area contributed by atoms with Gasteiger partial charge in [0.05, 0.1) is 0 Å². The summed E-state index contributed by atoms with van der Waals surface area (Å²) in [5, 5.41) is 8.94. The van der Waals surface area contributed by atoms with Crippen LogP contribution in [0.1, 0.15) is 105 Å². The van der Waals surface area contributed by atoms with Crippen molar-refractivity contribution < 1.29 is 72.2 Å². The van der Waals surface area contributed by atoms with Gasteiger partial charge in [-0.05, 0) is 39.0 Å². The van der Waals surface area contributed by atoms with Gasteiger partial charge >= 0.3 is 63.3 Å². The minimum absolute atomic E-state index is 0. The maximum absolute atomic E-state index is 11.3. The number of rotatable bonds is 16. The summed E-state index contributed by atoms with van der Waals surface area (Å²) in [5.41, 5.74) is 0. The van der Waals surface area contributed by atoms with Crippen LogP contribution < -0.4 is 51.4 Å². The number of aliphatic hydroxyl groups excluding tert-OH is 1. The minimum Gasteiger partial charge on any atom is -1.00 e. The zero-order valence-corrected chi connectivity index (χ0v) is 20.4. The molecule has 26 heavy (non-hydrogen) atoms. The number of ether oxygens (including phenoxy) is 1. The molecule has 0 aliphatic heterocycles. The number of esters is 2. The second-order valence-electron chi connectivity index (χ2n) is 6.80. The maximum Gasteiger partial charge on any atom is 1.00 e. The Balaban J connectivity index is -0.00000288. The van der Waals surface area contributed by atoms with E-state index in [4.69, 9.17) is 5.11 Å². The molecule has 0 saturated heterocycles. The van der Waals surface area contributed by atoms with Crippen molar-refractivity contribution in [2.45, 2.75) is 110 Å². The standard InChI is InChI=1S/C21H38O4.K.H/c1-3-4-5-6-7-8-9-10-11-12-13-14-15-16-17-18-20(23)25-21(24)19(2)22;;/h10-11,19,22H,3-9,12-18H2,1-2H3;;/q;+1;-1/b11-10-;;. The van der Waals surface area contributed by atoms with Crippen molar-refractivity contribution in [2.24, 2.45) is 0 Å². The molecule has 0 rings (SSSR count). The Morgan fingerprint density at radius 3 is 1.85 bits per heavy atom. The van der Waals surface area contributed by atoms with Gasteiger partial charge < -0.3 is 11.3 Å². The first-order valence-electron chi connectivity index (χ1n) is 10.2. The number of carbonyl (C=O) groups is 2. The average molecular weight is 395 g/mol. The van der Waals surface area contributed by atoms with Crippen LogP contribution in [-0.4, -0.2) is 23.1 Å². The molecule has 0 aromatic carbocycles. The molecule has 0 saturated carbocycles. The summed E-state index contributed by atoms with van der Waals surface area (Å²) < 4.78 is 4.49. The van der Waals surface area contributed by atoms with Crippen LogP contribution >= 0.6 is 0 Å². The molecule has 1 N–H and O–H groups in total. The summed E-state index contributed by atoms with van der Waals surface area (Å²) in [6, 6.07) is 0. The maximum atomic E-state index is 11.3. The van der Waals surface area contributed by atoms with Gasteiger partial charge in [0, 0.05) is 6.42 Å². The molecule has 1 unspecified atom stereocenters. The van der Waals surface area contributed by atoms with Gasteiger partial charge in [0.25, 0.3) is 0 Å². The fourth-order valence-corrected chi connectivity index (χ4v) is 2.59. The summed E-state index contributed by atoms with van der Waals surface area (Å²) >= 11 is 0. The van der Waals surface area contributed by atoms with Gasteiger partial charge in [0.2, 0.25) is 0 Å². The van der Waals surface area contributed by atoms with Gasteiger partial charge in [-0.15, -0.1) is 0 Å². The largest absolute Gasteiger partial charge is 1.00 e. The molecule has 4 nitrogen and oxygen atoms in total. The Morgan fingerprint density at radius 1 is 0.885 bits per heavy atom. The Morgan fingerprint density at radius 2 is 1.35 bits per heavy atom. The Kier molecular flexibility index (Phi) is 24.0. The van der Waals surface area contributed by atoms with Crippen molar-refractivity contribution >= 4 is 11.9 Å². The van der Waals surface area contributed by atoms with Crippen LogP contribution in [0.15, 0.2) is 12.2 Å². The molecule has 5 heteroatoms. The monoisotopic (exact) mass is 394 g/mol. The molecule has 0 bridgehead atoms. The molecule has 0 spiro atoms. The van der Waals surface area contributed by atoms with Crippen LogP contribution in [0.25, 0.3) is 0 Å². The van der Waals surface area contributed by atoms with Crippen LogP contribution in [0.5, 0.6) is 0 Å². The molecule has 1 atom stereocenters. The third kappa shape index (κ3) is 20.8. The van der Waals surface area contributed by atoms with Crippen LogP contribution in [0.2, 0.25) is 0 Å². The summed E-state index contributed by atoms with van der Waals surface area (Å²) in [7, 11) is 0. The normalized spacial score (nSPS) is 12.0. The van der Waals surface area contributed by atoms with Crippen LogP contribution in [-0.2, 0) is 14.3 Å². The SMILES string of the molecule is CCCCCCCC/C=C\CCCCCCCC(=O)OC(=O)C(C)O.[H-].[K+]. The molecule has 0 heterocycles. The minimum atomic E-state index is -1.24. The molecule has 0 radical (unpaired) electrons. The van der Waals surface area contributed by atoms with Gasteiger partial charge in [0.15, 0.2) is 0 Å². The van der Waals surface area contributed by atoms with Gasteiger partial charge in [-0.2, -0.15) is 0 Å². The Hall–Kier alpha value is 0.476. The summed E-state index contributed by atoms with van der Waals surface area (Å²) in [5.74, 6) is -1.40. The van der Waals surface area contributed by atoms with E-state index in [1.807, 2.05) is 0 Å². The Labute approximate surface area is 204 Å². The molecule has 0 aliphatic carbocycles. The second kappa shape index (κ2) is 21.8. The van der Waals surface area contributed by atoms with Crippen LogP contribution in [0.3, 0.4) is 0 Å². The first kappa shape index (κ1) is 28.7. The fourth-order valence-electron chi connectivity index (χ4n) is 2.59. The van der Waals surface area contributed by atoms with E-state index < -0.39 is 18.0 Å². The zero-order chi connectivity index (χ0) is 18.8. The molecule has 0 aromatic rings. The van der Waals surface area contributed by atoms with E-state index in [2.05, 4.69) is 23.8 Å². The molecule has 148 valence electrons. The van der Waals surface area contributed by atoms with E-state index in [0.29, 0.717) is 0 Å². The summed E-state index contributed by atoms with van der Waals surface area (Å²) in [4.78, 5) is 22.3. The molecule has 0 amide bonds. The predicted molar refractivity (Wildman–Crippen MR) is 103 cm³/mol. The average Bonchev–Trinajstić information content (AvgIpc) is 2.58. The summed E-state index contributed by atoms with van der Waals surface area (Å²) in [6.45, 7) is 3.54. The van der Waals surface area contributed by atoms with Crippen molar-refractivity contribution in [1.82, 2.24) is 0 Å². The number of carbonyl (C=O) groups excluding carboxylic acids is 2. The van der Waals surface area contributed by atoms with E-state index in [0.717, 1.165) is 25.7 Å². The van der Waals surface area contributed by atoms with E-state index in [-0.39, 0.29) is 59.2 Å². The quantitative estimate of drug-likeness (QED) is 0.144. The first-order chi connectivity index (χ1) is 12.1. The molecule has 0 fully saturated rings. The third-order valence-corrected chi connectivity index (χ3v) is 4.20. The molecule has 0 aromatic heterocycles.